The second kappa shape index (κ2) is 13.7. The number of ketones is 1. The number of carboxylic acids is 1. The average Bonchev–Trinajstić information content (AvgIpc) is 3.20. The average molecular weight is 478 g/mol. The molecule has 0 saturated heterocycles. The zero-order chi connectivity index (χ0) is 25.0. The van der Waals surface area contributed by atoms with Gasteiger partial charge in [-0.15, -0.1) is 0 Å². The standard InChI is InChI=1S/C30H39NO4/c1-3-5-7-8-9-10-11-23-13-17-28(18-14-23)35-22-27(32)21-31-26(12-6-4-2)19-24-15-16-25(30(33)34)20-29(24)31/h13-20H,3-12,21-22H2,1-2H3,(H,33,34). The Morgan fingerprint density at radius 1 is 0.829 bits per heavy atom. The molecule has 0 spiro atoms. The minimum absolute atomic E-state index is 0.0116. The van der Waals surface area contributed by atoms with Crippen molar-refractivity contribution in [1.29, 1.82) is 0 Å². The number of hydrogen-bond acceptors (Lipinski definition) is 3. The van der Waals surface area contributed by atoms with Gasteiger partial charge in [0.1, 0.15) is 12.4 Å². The van der Waals surface area contributed by atoms with E-state index < -0.39 is 5.97 Å². The van der Waals surface area contributed by atoms with E-state index in [0.717, 1.165) is 42.3 Å². The van der Waals surface area contributed by atoms with Crippen LogP contribution in [-0.2, 0) is 24.2 Å². The van der Waals surface area contributed by atoms with Gasteiger partial charge in [0.05, 0.1) is 12.1 Å². The summed E-state index contributed by atoms with van der Waals surface area (Å²) in [6.07, 6.45) is 11.7. The number of nitrogens with zero attached hydrogens (tertiary/aromatic N) is 1. The van der Waals surface area contributed by atoms with Crippen molar-refractivity contribution in [3.8, 4) is 5.75 Å². The Morgan fingerprint density at radius 3 is 2.26 bits per heavy atom. The van der Waals surface area contributed by atoms with Crippen LogP contribution in [0.15, 0.2) is 48.5 Å². The highest BCUT2D eigenvalue weighted by atomic mass is 16.5. The summed E-state index contributed by atoms with van der Waals surface area (Å²) in [4.78, 5) is 24.3. The lowest BCUT2D eigenvalue weighted by molar-refractivity contribution is -0.121. The third-order valence-corrected chi connectivity index (χ3v) is 6.50. The van der Waals surface area contributed by atoms with E-state index in [-0.39, 0.29) is 24.5 Å². The van der Waals surface area contributed by atoms with Crippen LogP contribution in [0, 0.1) is 0 Å². The van der Waals surface area contributed by atoms with Crippen molar-refractivity contribution in [3.63, 3.8) is 0 Å². The summed E-state index contributed by atoms with van der Waals surface area (Å²) in [5.74, 6) is -0.316. The number of rotatable bonds is 16. The highest BCUT2D eigenvalue weighted by Crippen LogP contribution is 2.23. The molecule has 5 nitrogen and oxygen atoms in total. The first-order chi connectivity index (χ1) is 17.0. The van der Waals surface area contributed by atoms with Gasteiger partial charge >= 0.3 is 5.97 Å². The summed E-state index contributed by atoms with van der Waals surface area (Å²) in [7, 11) is 0. The van der Waals surface area contributed by atoms with Crippen molar-refractivity contribution in [1.82, 2.24) is 4.57 Å². The van der Waals surface area contributed by atoms with Gasteiger partial charge in [0.25, 0.3) is 0 Å². The Morgan fingerprint density at radius 2 is 1.54 bits per heavy atom. The van der Waals surface area contributed by atoms with Gasteiger partial charge in [-0.3, -0.25) is 4.79 Å². The molecular formula is C30H39NO4. The van der Waals surface area contributed by atoms with Crippen LogP contribution in [0.1, 0.15) is 86.8 Å². The Bertz CT molecular complexity index is 1100. The number of ether oxygens (including phenoxy) is 1. The predicted octanol–water partition coefficient (Wildman–Crippen LogP) is 7.23. The van der Waals surface area contributed by atoms with E-state index in [2.05, 4.69) is 32.0 Å². The molecule has 188 valence electrons. The van der Waals surface area contributed by atoms with Gasteiger partial charge in [-0.25, -0.2) is 4.79 Å². The number of aryl methyl sites for hydroxylation is 2. The molecule has 0 aliphatic carbocycles. The first-order valence-corrected chi connectivity index (χ1v) is 13.1. The van der Waals surface area contributed by atoms with E-state index >= 15 is 0 Å². The van der Waals surface area contributed by atoms with Gasteiger partial charge in [0, 0.05) is 11.2 Å². The summed E-state index contributed by atoms with van der Waals surface area (Å²) in [6.45, 7) is 4.53. The Hall–Kier alpha value is -3.08. The molecule has 3 aromatic rings. The number of carboxylic acid groups (broad SMARTS) is 1. The Balaban J connectivity index is 1.57. The number of unbranched alkanes of at least 4 members (excludes halogenated alkanes) is 6. The van der Waals surface area contributed by atoms with E-state index in [1.807, 2.05) is 22.8 Å². The van der Waals surface area contributed by atoms with Gasteiger partial charge in [-0.2, -0.15) is 0 Å². The number of carbonyl (C=O) groups excluding carboxylic acids is 1. The van der Waals surface area contributed by atoms with E-state index in [1.165, 1.54) is 44.1 Å². The van der Waals surface area contributed by atoms with Crippen molar-refractivity contribution in [2.75, 3.05) is 6.61 Å². The molecular weight excluding hydrogens is 438 g/mol. The molecule has 0 unspecified atom stereocenters. The lowest BCUT2D eigenvalue weighted by Gasteiger charge is -2.12. The van der Waals surface area contributed by atoms with Gasteiger partial charge in [-0.05, 0) is 67.0 Å². The maximum absolute atomic E-state index is 12.8. The number of carbonyl (C=O) groups is 2. The number of aromatic carboxylic acids is 1. The number of Topliss-reactive ketones (excluding diaryl/α,β-unsaturated/α-hetero) is 1. The summed E-state index contributed by atoms with van der Waals surface area (Å²) >= 11 is 0. The molecule has 0 aliphatic rings. The van der Waals surface area contributed by atoms with Crippen molar-refractivity contribution in [2.45, 2.75) is 84.6 Å². The van der Waals surface area contributed by atoms with E-state index in [1.54, 1.807) is 12.1 Å². The first kappa shape index (κ1) is 26.5. The molecule has 0 aliphatic heterocycles. The second-order valence-corrected chi connectivity index (χ2v) is 9.39. The fourth-order valence-electron chi connectivity index (χ4n) is 4.44. The molecule has 0 radical (unpaired) electrons. The lowest BCUT2D eigenvalue weighted by Crippen LogP contribution is -2.19. The minimum Gasteiger partial charge on any atom is -0.486 e. The maximum Gasteiger partial charge on any atom is 0.335 e. The van der Waals surface area contributed by atoms with Crippen LogP contribution in [0.2, 0.25) is 0 Å². The molecule has 3 rings (SSSR count). The van der Waals surface area contributed by atoms with E-state index in [0.29, 0.717) is 5.75 Å². The van der Waals surface area contributed by atoms with Crippen LogP contribution in [-0.4, -0.2) is 28.0 Å². The Kier molecular flexibility index (Phi) is 10.4. The van der Waals surface area contributed by atoms with Crippen molar-refractivity contribution in [3.05, 3.63) is 65.4 Å². The highest BCUT2D eigenvalue weighted by molar-refractivity contribution is 5.94. The number of hydrogen-bond donors (Lipinski definition) is 1. The number of benzene rings is 2. The predicted molar refractivity (Wildman–Crippen MR) is 142 cm³/mol. The fraction of sp³-hybridized carbons (Fsp3) is 0.467. The van der Waals surface area contributed by atoms with Gasteiger partial charge in [0.2, 0.25) is 0 Å². The van der Waals surface area contributed by atoms with Gasteiger partial charge in [0.15, 0.2) is 5.78 Å². The van der Waals surface area contributed by atoms with Crippen molar-refractivity contribution < 1.29 is 19.4 Å². The van der Waals surface area contributed by atoms with Crippen LogP contribution in [0.4, 0.5) is 0 Å². The van der Waals surface area contributed by atoms with E-state index in [9.17, 15) is 14.7 Å². The molecule has 35 heavy (non-hydrogen) atoms. The van der Waals surface area contributed by atoms with Crippen molar-refractivity contribution >= 4 is 22.7 Å². The van der Waals surface area contributed by atoms with Crippen LogP contribution in [0.5, 0.6) is 5.75 Å². The molecule has 0 bridgehead atoms. The SMILES string of the molecule is CCCCCCCCc1ccc(OCC(=O)Cn2c(CCCC)cc3ccc(C(=O)O)cc32)cc1. The maximum atomic E-state index is 12.8. The smallest absolute Gasteiger partial charge is 0.335 e. The molecule has 1 aromatic heterocycles. The minimum atomic E-state index is -0.968. The monoisotopic (exact) mass is 477 g/mol. The third kappa shape index (κ3) is 7.98. The summed E-state index contributed by atoms with van der Waals surface area (Å²) in [5.41, 5.74) is 3.36. The molecule has 0 fully saturated rings. The molecule has 2 aromatic carbocycles. The molecule has 5 heteroatoms. The lowest BCUT2D eigenvalue weighted by atomic mass is 10.0. The van der Waals surface area contributed by atoms with Gasteiger partial charge in [-0.1, -0.05) is 70.6 Å². The first-order valence-electron chi connectivity index (χ1n) is 13.1. The highest BCUT2D eigenvalue weighted by Gasteiger charge is 2.15. The zero-order valence-electron chi connectivity index (χ0n) is 21.2. The molecule has 1 N–H and O–H groups in total. The van der Waals surface area contributed by atoms with Crippen LogP contribution >= 0.6 is 0 Å². The fourth-order valence-corrected chi connectivity index (χ4v) is 4.44. The Labute approximate surface area is 209 Å². The normalized spacial score (nSPS) is 11.1. The molecule has 0 atom stereocenters. The molecule has 0 amide bonds. The molecule has 1 heterocycles. The third-order valence-electron chi connectivity index (χ3n) is 6.50. The van der Waals surface area contributed by atoms with Crippen LogP contribution < -0.4 is 4.74 Å². The van der Waals surface area contributed by atoms with Crippen molar-refractivity contribution in [2.24, 2.45) is 0 Å². The second-order valence-electron chi connectivity index (χ2n) is 9.39. The van der Waals surface area contributed by atoms with Crippen LogP contribution in [0.25, 0.3) is 10.9 Å². The summed E-state index contributed by atoms with van der Waals surface area (Å²) in [5, 5.41) is 10.3. The quantitative estimate of drug-likeness (QED) is 0.221. The number of aromatic nitrogens is 1. The topological polar surface area (TPSA) is 68.5 Å². The largest absolute Gasteiger partial charge is 0.486 e. The summed E-state index contributed by atoms with van der Waals surface area (Å²) < 4.78 is 7.73. The van der Waals surface area contributed by atoms with E-state index in [4.69, 9.17) is 4.74 Å². The zero-order valence-corrected chi connectivity index (χ0v) is 21.2. The molecule has 0 saturated carbocycles. The van der Waals surface area contributed by atoms with Gasteiger partial charge < -0.3 is 14.4 Å². The van der Waals surface area contributed by atoms with Crippen LogP contribution in [0.3, 0.4) is 0 Å². The summed E-state index contributed by atoms with van der Waals surface area (Å²) in [6, 6.07) is 15.2. The number of fused-ring (bicyclic) bond motifs is 1.